The van der Waals surface area contributed by atoms with E-state index in [0.29, 0.717) is 16.7 Å². The van der Waals surface area contributed by atoms with Crippen LogP contribution in [0.4, 0.5) is 0 Å². The summed E-state index contributed by atoms with van der Waals surface area (Å²) in [5.74, 6) is 2.70. The van der Waals surface area contributed by atoms with Gasteiger partial charge in [-0.15, -0.1) is 11.3 Å². The van der Waals surface area contributed by atoms with Gasteiger partial charge in [0.1, 0.15) is 4.21 Å². The third kappa shape index (κ3) is 4.21. The van der Waals surface area contributed by atoms with Crippen molar-refractivity contribution in [2.45, 2.75) is 31.0 Å². The Morgan fingerprint density at radius 1 is 1.45 bits per heavy atom. The molecule has 0 radical (unpaired) electrons. The molecule has 1 aromatic rings. The van der Waals surface area contributed by atoms with Gasteiger partial charge < -0.3 is 5.32 Å². The molecular weight excluding hydrogens is 312 g/mol. The molecule has 0 aromatic carbocycles. The zero-order valence-corrected chi connectivity index (χ0v) is 14.4. The van der Waals surface area contributed by atoms with Crippen LogP contribution in [0.5, 0.6) is 0 Å². The molecule has 1 atom stereocenters. The van der Waals surface area contributed by atoms with Crippen molar-refractivity contribution in [1.82, 2.24) is 10.0 Å². The van der Waals surface area contributed by atoms with Crippen LogP contribution in [0.2, 0.25) is 0 Å². The Hall–Kier alpha value is -0.0800. The van der Waals surface area contributed by atoms with E-state index in [1.165, 1.54) is 11.3 Å². The predicted molar refractivity (Wildman–Crippen MR) is 87.1 cm³/mol. The van der Waals surface area contributed by atoms with Crippen LogP contribution >= 0.6 is 23.1 Å². The maximum atomic E-state index is 12.3. The van der Waals surface area contributed by atoms with Crippen LogP contribution in [0.25, 0.3) is 0 Å². The monoisotopic (exact) mass is 334 g/mol. The first-order valence-electron chi connectivity index (χ1n) is 6.90. The lowest BCUT2D eigenvalue weighted by Crippen LogP contribution is -2.28. The molecule has 2 N–H and O–H groups in total. The van der Waals surface area contributed by atoms with Crippen LogP contribution in [-0.4, -0.2) is 33.0 Å². The minimum absolute atomic E-state index is 0.438. The molecule has 1 aliphatic heterocycles. The summed E-state index contributed by atoms with van der Waals surface area (Å²) in [5.41, 5.74) is 1.05. The fourth-order valence-electron chi connectivity index (χ4n) is 2.08. The summed E-state index contributed by atoms with van der Waals surface area (Å²) in [6, 6.07) is 1.78. The third-order valence-corrected chi connectivity index (χ3v) is 7.75. The topological polar surface area (TPSA) is 58.2 Å². The minimum Gasteiger partial charge on any atom is -0.312 e. The second-order valence-electron chi connectivity index (χ2n) is 5.03. The summed E-state index contributed by atoms with van der Waals surface area (Å²) in [6.07, 6.45) is 1.11. The van der Waals surface area contributed by atoms with Crippen LogP contribution in [0, 0.1) is 12.8 Å². The highest BCUT2D eigenvalue weighted by atomic mass is 32.2. The summed E-state index contributed by atoms with van der Waals surface area (Å²) >= 11 is 3.27. The van der Waals surface area contributed by atoms with Crippen LogP contribution in [0.1, 0.15) is 23.8 Å². The molecule has 1 fully saturated rings. The Kier molecular flexibility index (Phi) is 5.92. The summed E-state index contributed by atoms with van der Waals surface area (Å²) in [4.78, 5) is 1.10. The summed E-state index contributed by atoms with van der Waals surface area (Å²) in [6.45, 7) is 6.20. The lowest BCUT2D eigenvalue weighted by atomic mass is 10.1. The van der Waals surface area contributed by atoms with Crippen molar-refractivity contribution in [2.75, 3.05) is 24.6 Å². The second kappa shape index (κ2) is 7.26. The highest BCUT2D eigenvalue weighted by Gasteiger charge is 2.22. The number of hydrogen-bond donors (Lipinski definition) is 2. The zero-order valence-electron chi connectivity index (χ0n) is 11.9. The Bertz CT molecular complexity index is 534. The van der Waals surface area contributed by atoms with E-state index < -0.39 is 10.0 Å². The molecule has 114 valence electrons. The summed E-state index contributed by atoms with van der Waals surface area (Å²) < 4.78 is 27.8. The van der Waals surface area contributed by atoms with E-state index in [9.17, 15) is 8.42 Å². The molecule has 7 heteroatoms. The lowest BCUT2D eigenvalue weighted by Gasteiger charge is -2.09. The van der Waals surface area contributed by atoms with Crippen molar-refractivity contribution in [2.24, 2.45) is 5.92 Å². The molecule has 0 amide bonds. The van der Waals surface area contributed by atoms with Gasteiger partial charge in [-0.2, -0.15) is 11.8 Å². The third-order valence-electron chi connectivity index (χ3n) is 3.38. The van der Waals surface area contributed by atoms with Gasteiger partial charge in [0.15, 0.2) is 0 Å². The molecule has 0 spiro atoms. The van der Waals surface area contributed by atoms with E-state index >= 15 is 0 Å². The highest BCUT2D eigenvalue weighted by Crippen LogP contribution is 2.27. The van der Waals surface area contributed by atoms with Gasteiger partial charge in [-0.3, -0.25) is 0 Å². The van der Waals surface area contributed by atoms with E-state index in [0.717, 1.165) is 41.5 Å². The average Bonchev–Trinajstić information content (AvgIpc) is 3.04. The SMILES string of the molecule is CCNCc1sc(S(=O)(=O)NCC2CCSC2)cc1C. The number of nitrogens with one attached hydrogen (secondary N) is 2. The van der Waals surface area contributed by atoms with Gasteiger partial charge in [0, 0.05) is 18.0 Å². The number of thioether (sulfide) groups is 1. The van der Waals surface area contributed by atoms with Crippen molar-refractivity contribution in [3.8, 4) is 0 Å². The van der Waals surface area contributed by atoms with Crippen LogP contribution in [-0.2, 0) is 16.6 Å². The van der Waals surface area contributed by atoms with Crippen molar-refractivity contribution >= 4 is 33.1 Å². The Morgan fingerprint density at radius 3 is 2.90 bits per heavy atom. The zero-order chi connectivity index (χ0) is 14.6. The first-order chi connectivity index (χ1) is 9.53. The number of hydrogen-bond acceptors (Lipinski definition) is 5. The van der Waals surface area contributed by atoms with Gasteiger partial charge in [0.25, 0.3) is 0 Å². The standard InChI is InChI=1S/C13H22N2O2S3/c1-3-14-8-12-10(2)6-13(19-12)20(16,17)15-7-11-4-5-18-9-11/h6,11,14-15H,3-5,7-9H2,1-2H3. The maximum Gasteiger partial charge on any atom is 0.250 e. The second-order valence-corrected chi connectivity index (χ2v) is 9.31. The fourth-order valence-corrected chi connectivity index (χ4v) is 6.08. The highest BCUT2D eigenvalue weighted by molar-refractivity contribution is 7.99. The Morgan fingerprint density at radius 2 is 2.25 bits per heavy atom. The quantitative estimate of drug-likeness (QED) is 0.802. The predicted octanol–water partition coefficient (Wildman–Crippen LogP) is 2.20. The van der Waals surface area contributed by atoms with Gasteiger partial charge in [-0.05, 0) is 48.9 Å². The number of sulfonamides is 1. The fraction of sp³-hybridized carbons (Fsp3) is 0.692. The van der Waals surface area contributed by atoms with Gasteiger partial charge >= 0.3 is 0 Å². The van der Waals surface area contributed by atoms with Crippen LogP contribution in [0.15, 0.2) is 10.3 Å². The molecule has 0 aliphatic carbocycles. The van der Waals surface area contributed by atoms with Crippen LogP contribution in [0.3, 0.4) is 0 Å². The molecule has 1 aromatic heterocycles. The molecule has 2 heterocycles. The van der Waals surface area contributed by atoms with Crippen LogP contribution < -0.4 is 10.0 Å². The number of aryl methyl sites for hydroxylation is 1. The molecule has 1 unspecified atom stereocenters. The average molecular weight is 335 g/mol. The normalized spacial score (nSPS) is 19.6. The minimum atomic E-state index is -3.34. The van der Waals surface area contributed by atoms with E-state index in [-0.39, 0.29) is 0 Å². The van der Waals surface area contributed by atoms with Crippen molar-refractivity contribution in [1.29, 1.82) is 0 Å². The van der Waals surface area contributed by atoms with E-state index in [2.05, 4.69) is 10.0 Å². The summed E-state index contributed by atoms with van der Waals surface area (Å²) in [5, 5.41) is 3.24. The van der Waals surface area contributed by atoms with Crippen molar-refractivity contribution < 1.29 is 8.42 Å². The first-order valence-corrected chi connectivity index (χ1v) is 10.4. The molecule has 1 saturated heterocycles. The first kappa shape index (κ1) is 16.3. The molecule has 20 heavy (non-hydrogen) atoms. The Balaban J connectivity index is 2.00. The van der Waals surface area contributed by atoms with E-state index in [1.54, 1.807) is 6.07 Å². The van der Waals surface area contributed by atoms with Crippen molar-refractivity contribution in [3.63, 3.8) is 0 Å². The Labute approximate surface area is 129 Å². The van der Waals surface area contributed by atoms with Gasteiger partial charge in [-0.1, -0.05) is 6.92 Å². The molecule has 4 nitrogen and oxygen atoms in total. The molecule has 2 rings (SSSR count). The molecule has 1 aliphatic rings. The largest absolute Gasteiger partial charge is 0.312 e. The number of rotatable bonds is 7. The number of thiophene rings is 1. The molecule has 0 bridgehead atoms. The van der Waals surface area contributed by atoms with Crippen molar-refractivity contribution in [3.05, 3.63) is 16.5 Å². The smallest absolute Gasteiger partial charge is 0.250 e. The van der Waals surface area contributed by atoms with Gasteiger partial charge in [-0.25, -0.2) is 13.1 Å². The van der Waals surface area contributed by atoms with E-state index in [4.69, 9.17) is 0 Å². The molecule has 0 saturated carbocycles. The van der Waals surface area contributed by atoms with Gasteiger partial charge in [0.05, 0.1) is 0 Å². The van der Waals surface area contributed by atoms with E-state index in [1.807, 2.05) is 25.6 Å². The summed E-state index contributed by atoms with van der Waals surface area (Å²) in [7, 11) is -3.34. The lowest BCUT2D eigenvalue weighted by molar-refractivity contribution is 0.547. The maximum absolute atomic E-state index is 12.3. The van der Waals surface area contributed by atoms with Gasteiger partial charge in [0.2, 0.25) is 10.0 Å². The molecular formula is C13H22N2O2S3.